The van der Waals surface area contributed by atoms with Crippen LogP contribution < -0.4 is 25.4 Å². The molecule has 174 valence electrons. The molecule has 3 rings (SSSR count). The number of hydrogen-bond donors (Lipinski definition) is 3. The number of carbonyl (C=O) groups excluding carboxylic acids is 2. The summed E-state index contributed by atoms with van der Waals surface area (Å²) in [6, 6.07) is 19.7. The fourth-order valence-electron chi connectivity index (χ4n) is 3.07. The van der Waals surface area contributed by atoms with Gasteiger partial charge in [0.1, 0.15) is 0 Å². The van der Waals surface area contributed by atoms with E-state index in [-0.39, 0.29) is 16.9 Å². The average Bonchev–Trinajstić information content (AvgIpc) is 2.83. The van der Waals surface area contributed by atoms with E-state index in [1.807, 2.05) is 25.1 Å². The number of benzene rings is 3. The molecule has 7 nitrogen and oxygen atoms in total. The molecule has 0 spiro atoms. The molecule has 0 aliphatic heterocycles. The van der Waals surface area contributed by atoms with Crippen molar-refractivity contribution in [2.45, 2.75) is 6.92 Å². The second kappa shape index (κ2) is 11.6. The summed E-state index contributed by atoms with van der Waals surface area (Å²) in [6.45, 7) is 1.94. The maximum atomic E-state index is 12.4. The van der Waals surface area contributed by atoms with Crippen molar-refractivity contribution in [2.24, 2.45) is 0 Å². The van der Waals surface area contributed by atoms with E-state index in [2.05, 4.69) is 16.0 Å². The van der Waals surface area contributed by atoms with Gasteiger partial charge in [-0.3, -0.25) is 14.9 Å². The van der Waals surface area contributed by atoms with Crippen LogP contribution in [0.2, 0.25) is 0 Å². The third-order valence-corrected chi connectivity index (χ3v) is 4.96. The number of methoxy groups -OCH3 is 2. The second-order valence-corrected chi connectivity index (χ2v) is 7.70. The Bertz CT molecular complexity index is 1220. The van der Waals surface area contributed by atoms with Crippen molar-refractivity contribution < 1.29 is 19.1 Å². The molecule has 2 amide bonds. The molecule has 3 N–H and O–H groups in total. The molecule has 0 aliphatic rings. The lowest BCUT2D eigenvalue weighted by Crippen LogP contribution is -2.32. The summed E-state index contributed by atoms with van der Waals surface area (Å²) in [6.07, 6.45) is 3.02. The van der Waals surface area contributed by atoms with Crippen LogP contribution in [0.25, 0.3) is 6.08 Å². The Kier molecular flexibility index (Phi) is 8.37. The topological polar surface area (TPSA) is 88.7 Å². The fraction of sp³-hybridized carbons (Fsp3) is 0.115. The molecular formula is C26H25N3O4S. The van der Waals surface area contributed by atoms with Crippen molar-refractivity contribution >= 4 is 46.6 Å². The van der Waals surface area contributed by atoms with Gasteiger partial charge < -0.3 is 20.1 Å². The van der Waals surface area contributed by atoms with Crippen LogP contribution in [0.4, 0.5) is 11.4 Å². The maximum absolute atomic E-state index is 12.4. The smallest absolute Gasteiger partial charge is 0.255 e. The number of rotatable bonds is 7. The summed E-state index contributed by atoms with van der Waals surface area (Å²) in [5, 5.41) is 8.53. The number of ether oxygens (including phenoxy) is 2. The van der Waals surface area contributed by atoms with Crippen LogP contribution >= 0.6 is 12.2 Å². The first-order chi connectivity index (χ1) is 16.4. The van der Waals surface area contributed by atoms with Crippen LogP contribution in [0, 0.1) is 6.92 Å². The zero-order valence-corrected chi connectivity index (χ0v) is 19.9. The normalized spacial score (nSPS) is 10.4. The average molecular weight is 476 g/mol. The second-order valence-electron chi connectivity index (χ2n) is 7.29. The van der Waals surface area contributed by atoms with Crippen molar-refractivity contribution in [1.29, 1.82) is 0 Å². The molecule has 0 fully saturated rings. The summed E-state index contributed by atoms with van der Waals surface area (Å²) in [5.41, 5.74) is 3.69. The summed E-state index contributed by atoms with van der Waals surface area (Å²) >= 11 is 5.21. The van der Waals surface area contributed by atoms with E-state index in [0.717, 1.165) is 11.1 Å². The minimum Gasteiger partial charge on any atom is -0.493 e. The highest BCUT2D eigenvalue weighted by Crippen LogP contribution is 2.27. The van der Waals surface area contributed by atoms with Gasteiger partial charge in [0.2, 0.25) is 5.91 Å². The Morgan fingerprint density at radius 3 is 2.18 bits per heavy atom. The van der Waals surface area contributed by atoms with E-state index < -0.39 is 0 Å². The summed E-state index contributed by atoms with van der Waals surface area (Å²) in [5.74, 6) is 0.610. The highest BCUT2D eigenvalue weighted by Gasteiger charge is 2.07. The molecule has 0 bridgehead atoms. The predicted molar refractivity (Wildman–Crippen MR) is 139 cm³/mol. The standard InChI is InChI=1S/C26H25N3O4S/c1-17-5-4-6-19(15-17)25(31)27-20-9-11-21(12-10-20)28-26(34)29-24(30)14-8-18-7-13-22(32-2)23(16-18)33-3/h4-16H,1-3H3,(H,27,31)(H2,28,29,30,34)/b14-8+. The van der Waals surface area contributed by atoms with Gasteiger partial charge in [-0.25, -0.2) is 0 Å². The third-order valence-electron chi connectivity index (χ3n) is 4.75. The van der Waals surface area contributed by atoms with Crippen LogP contribution in [-0.2, 0) is 4.79 Å². The van der Waals surface area contributed by atoms with E-state index in [4.69, 9.17) is 21.7 Å². The highest BCUT2D eigenvalue weighted by molar-refractivity contribution is 7.80. The molecule has 0 atom stereocenters. The third kappa shape index (κ3) is 6.91. The quantitative estimate of drug-likeness (QED) is 0.336. The largest absolute Gasteiger partial charge is 0.493 e. The molecule has 0 saturated heterocycles. The molecule has 0 radical (unpaired) electrons. The molecule has 0 aromatic heterocycles. The van der Waals surface area contributed by atoms with Gasteiger partial charge in [0.15, 0.2) is 16.6 Å². The molecule has 8 heteroatoms. The summed E-state index contributed by atoms with van der Waals surface area (Å²) in [4.78, 5) is 24.6. The number of nitrogens with one attached hydrogen (secondary N) is 3. The first kappa shape index (κ1) is 24.5. The van der Waals surface area contributed by atoms with Crippen LogP contribution in [0.5, 0.6) is 11.5 Å². The molecule has 0 unspecified atom stereocenters. The van der Waals surface area contributed by atoms with Gasteiger partial charge in [-0.15, -0.1) is 0 Å². The van der Waals surface area contributed by atoms with E-state index in [1.165, 1.54) is 6.08 Å². The van der Waals surface area contributed by atoms with Gasteiger partial charge in [-0.05, 0) is 79.3 Å². The van der Waals surface area contributed by atoms with Gasteiger partial charge in [0, 0.05) is 23.0 Å². The Hall–Kier alpha value is -4.17. The SMILES string of the molecule is COc1ccc(/C=C/C(=O)NC(=S)Nc2ccc(NC(=O)c3cccc(C)c3)cc2)cc1OC. The van der Waals surface area contributed by atoms with Gasteiger partial charge in [-0.1, -0.05) is 23.8 Å². The van der Waals surface area contributed by atoms with E-state index in [1.54, 1.807) is 68.8 Å². The van der Waals surface area contributed by atoms with E-state index >= 15 is 0 Å². The monoisotopic (exact) mass is 475 g/mol. The van der Waals surface area contributed by atoms with Crippen LogP contribution in [0.15, 0.2) is 72.8 Å². The zero-order chi connectivity index (χ0) is 24.5. The number of carbonyl (C=O) groups is 2. The lowest BCUT2D eigenvalue weighted by molar-refractivity contribution is -0.115. The molecule has 0 saturated carbocycles. The lowest BCUT2D eigenvalue weighted by atomic mass is 10.1. The molecule has 0 heterocycles. The Morgan fingerprint density at radius 1 is 0.853 bits per heavy atom. The predicted octanol–water partition coefficient (Wildman–Crippen LogP) is 4.79. The van der Waals surface area contributed by atoms with Crippen LogP contribution in [-0.4, -0.2) is 31.1 Å². The molecular weight excluding hydrogens is 450 g/mol. The fourth-order valence-corrected chi connectivity index (χ4v) is 3.29. The van der Waals surface area contributed by atoms with Crippen LogP contribution in [0.3, 0.4) is 0 Å². The van der Waals surface area contributed by atoms with Crippen molar-refractivity contribution in [1.82, 2.24) is 5.32 Å². The van der Waals surface area contributed by atoms with Crippen molar-refractivity contribution in [2.75, 3.05) is 24.9 Å². The van der Waals surface area contributed by atoms with E-state index in [0.29, 0.717) is 28.4 Å². The molecule has 34 heavy (non-hydrogen) atoms. The molecule has 0 aliphatic carbocycles. The first-order valence-electron chi connectivity index (χ1n) is 10.4. The van der Waals surface area contributed by atoms with Crippen molar-refractivity contribution in [3.8, 4) is 11.5 Å². The number of hydrogen-bond acceptors (Lipinski definition) is 5. The minimum absolute atomic E-state index is 0.151. The number of anilines is 2. The first-order valence-corrected chi connectivity index (χ1v) is 10.8. The van der Waals surface area contributed by atoms with Gasteiger partial charge in [-0.2, -0.15) is 0 Å². The number of aryl methyl sites for hydroxylation is 1. The van der Waals surface area contributed by atoms with Gasteiger partial charge in [0.05, 0.1) is 14.2 Å². The molecule has 3 aromatic carbocycles. The zero-order valence-electron chi connectivity index (χ0n) is 19.0. The van der Waals surface area contributed by atoms with Gasteiger partial charge in [0.25, 0.3) is 5.91 Å². The highest BCUT2D eigenvalue weighted by atomic mass is 32.1. The van der Waals surface area contributed by atoms with Gasteiger partial charge >= 0.3 is 0 Å². The molecule has 3 aromatic rings. The minimum atomic E-state index is -0.380. The van der Waals surface area contributed by atoms with E-state index in [9.17, 15) is 9.59 Å². The summed E-state index contributed by atoms with van der Waals surface area (Å²) in [7, 11) is 3.11. The lowest BCUT2D eigenvalue weighted by Gasteiger charge is -2.10. The van der Waals surface area contributed by atoms with Crippen LogP contribution in [0.1, 0.15) is 21.5 Å². The Labute approximate surface area is 203 Å². The number of amides is 2. The number of thiocarbonyl (C=S) groups is 1. The Morgan fingerprint density at radius 2 is 1.53 bits per heavy atom. The summed E-state index contributed by atoms with van der Waals surface area (Å²) < 4.78 is 10.5. The Balaban J connectivity index is 1.52. The van der Waals surface area contributed by atoms with Crippen molar-refractivity contribution in [3.05, 3.63) is 89.5 Å². The van der Waals surface area contributed by atoms with Crippen molar-refractivity contribution in [3.63, 3.8) is 0 Å². The maximum Gasteiger partial charge on any atom is 0.255 e.